The van der Waals surface area contributed by atoms with Crippen LogP contribution in [0.4, 0.5) is 0 Å². The van der Waals surface area contributed by atoms with Crippen molar-refractivity contribution in [1.29, 1.82) is 0 Å². The Balaban J connectivity index is 0.00000193. The summed E-state index contributed by atoms with van der Waals surface area (Å²) in [7, 11) is 0. The fraction of sp³-hybridized carbons (Fsp3) is 0.545. The van der Waals surface area contributed by atoms with E-state index in [1.165, 1.54) is 5.56 Å². The van der Waals surface area contributed by atoms with Crippen molar-refractivity contribution in [3.63, 3.8) is 0 Å². The van der Waals surface area contributed by atoms with Gasteiger partial charge in [0.1, 0.15) is 0 Å². The van der Waals surface area contributed by atoms with Crippen LogP contribution in [0.25, 0.3) is 0 Å². The lowest BCUT2D eigenvalue weighted by atomic mass is 9.68. The Morgan fingerprint density at radius 2 is 1.94 bits per heavy atom. The van der Waals surface area contributed by atoms with Crippen LogP contribution in [0, 0.1) is 0 Å². The number of carbonyl (C=O) groups is 2. The summed E-state index contributed by atoms with van der Waals surface area (Å²) in [6.45, 7) is 5.37. The quantitative estimate of drug-likeness (QED) is 0.633. The van der Waals surface area contributed by atoms with Crippen molar-refractivity contribution in [3.8, 4) is 0 Å². The molecule has 1 aromatic heterocycles. The van der Waals surface area contributed by atoms with E-state index in [0.29, 0.717) is 19.6 Å². The van der Waals surface area contributed by atoms with Gasteiger partial charge < -0.3 is 16.0 Å². The maximum Gasteiger partial charge on any atom is 0.292 e. The van der Waals surface area contributed by atoms with Crippen LogP contribution in [0.2, 0.25) is 5.02 Å². The molecule has 0 atom stereocenters. The van der Waals surface area contributed by atoms with Gasteiger partial charge in [-0.2, -0.15) is 0 Å². The highest BCUT2D eigenvalue weighted by atomic mass is 35.5. The summed E-state index contributed by atoms with van der Waals surface area (Å²) in [4.78, 5) is 27.4. The molecule has 0 radical (unpaired) electrons. The zero-order chi connectivity index (χ0) is 22.2. The summed E-state index contributed by atoms with van der Waals surface area (Å²) in [5.74, 6) is -0.0219. The zero-order valence-electron chi connectivity index (χ0n) is 18.8. The number of nitrogens with two attached hydrogens (primary N) is 1. The van der Waals surface area contributed by atoms with Crippen molar-refractivity contribution in [2.75, 3.05) is 13.1 Å². The molecule has 33 heavy (non-hydrogen) atoms. The number of hydrogen-bond donors (Lipinski definition) is 2. The molecule has 0 saturated heterocycles. The molecule has 11 heteroatoms. The lowest BCUT2D eigenvalue weighted by Gasteiger charge is -2.44. The summed E-state index contributed by atoms with van der Waals surface area (Å²) in [5, 5.41) is 11.6. The van der Waals surface area contributed by atoms with Crippen molar-refractivity contribution in [2.24, 2.45) is 5.73 Å². The molecular formula is C22H31Cl3N6O2. The molecule has 0 spiro atoms. The van der Waals surface area contributed by atoms with Crippen molar-refractivity contribution >= 4 is 48.2 Å². The van der Waals surface area contributed by atoms with E-state index in [0.717, 1.165) is 30.7 Å². The second-order valence-corrected chi connectivity index (χ2v) is 9.29. The topological polar surface area (TPSA) is 106 Å². The molecule has 8 nitrogen and oxygen atoms in total. The molecule has 2 amide bonds. The van der Waals surface area contributed by atoms with E-state index in [2.05, 4.69) is 21.6 Å². The number of rotatable bonds is 5. The maximum atomic E-state index is 13.1. The normalized spacial score (nSPS) is 22.3. The average Bonchev–Trinajstić information content (AvgIpc) is 3.19. The molecule has 0 bridgehead atoms. The van der Waals surface area contributed by atoms with Gasteiger partial charge in [-0.3, -0.25) is 14.2 Å². The van der Waals surface area contributed by atoms with E-state index in [4.69, 9.17) is 17.3 Å². The van der Waals surface area contributed by atoms with E-state index < -0.39 is 0 Å². The number of nitrogens with zero attached hydrogens (tertiary/aromatic N) is 4. The molecule has 1 saturated carbocycles. The number of aromatic nitrogens is 3. The molecule has 0 unspecified atom stereocenters. The van der Waals surface area contributed by atoms with Gasteiger partial charge in [0.05, 0.1) is 0 Å². The molecule has 4 rings (SSSR count). The van der Waals surface area contributed by atoms with Crippen LogP contribution in [-0.4, -0.2) is 56.7 Å². The summed E-state index contributed by atoms with van der Waals surface area (Å²) in [6, 6.07) is 8.06. The minimum absolute atomic E-state index is 0. The van der Waals surface area contributed by atoms with Crippen molar-refractivity contribution in [1.82, 2.24) is 25.0 Å². The number of carbonyl (C=O) groups excluding carboxylic acids is 2. The lowest BCUT2D eigenvalue weighted by Crippen LogP contribution is -2.51. The molecule has 1 aliphatic carbocycles. The van der Waals surface area contributed by atoms with Crippen LogP contribution in [0.3, 0.4) is 0 Å². The third-order valence-corrected chi connectivity index (χ3v) is 6.81. The van der Waals surface area contributed by atoms with Gasteiger partial charge >= 0.3 is 0 Å². The van der Waals surface area contributed by atoms with Gasteiger partial charge in [-0.15, -0.1) is 35.0 Å². The fourth-order valence-electron chi connectivity index (χ4n) is 4.85. The number of amides is 2. The zero-order valence-corrected chi connectivity index (χ0v) is 21.2. The van der Waals surface area contributed by atoms with Crippen molar-refractivity contribution < 1.29 is 9.59 Å². The van der Waals surface area contributed by atoms with E-state index in [-0.39, 0.29) is 65.8 Å². The first kappa shape index (κ1) is 27.4. The summed E-state index contributed by atoms with van der Waals surface area (Å²) in [5.41, 5.74) is 7.28. The Morgan fingerprint density at radius 3 is 2.55 bits per heavy atom. The number of benzene rings is 1. The average molecular weight is 518 g/mol. The number of halogens is 3. The van der Waals surface area contributed by atoms with E-state index in [1.807, 2.05) is 36.9 Å². The highest BCUT2D eigenvalue weighted by Gasteiger charge is 2.41. The third kappa shape index (κ3) is 5.29. The molecule has 2 aliphatic rings. The SMILES string of the molecule is CC(C)NC(=O)c1nnc2n1CCN(C1CCC(CN)(c3cccc(Cl)c3)CC1)C2=O.Cl.Cl. The molecule has 2 aromatic rings. The Morgan fingerprint density at radius 1 is 1.24 bits per heavy atom. The highest BCUT2D eigenvalue weighted by molar-refractivity contribution is 6.30. The first-order valence-electron chi connectivity index (χ1n) is 10.9. The van der Waals surface area contributed by atoms with Crippen LogP contribution in [0.15, 0.2) is 24.3 Å². The Kier molecular flexibility index (Phi) is 9.16. The first-order valence-corrected chi connectivity index (χ1v) is 11.2. The van der Waals surface area contributed by atoms with Gasteiger partial charge in [-0.1, -0.05) is 23.7 Å². The molecule has 3 N–H and O–H groups in total. The van der Waals surface area contributed by atoms with Crippen LogP contribution in [0.5, 0.6) is 0 Å². The second-order valence-electron chi connectivity index (χ2n) is 8.85. The van der Waals surface area contributed by atoms with Gasteiger partial charge in [-0.25, -0.2) is 0 Å². The van der Waals surface area contributed by atoms with Crippen LogP contribution in [-0.2, 0) is 12.0 Å². The van der Waals surface area contributed by atoms with Crippen LogP contribution < -0.4 is 11.1 Å². The Hall–Kier alpha value is -1.87. The highest BCUT2D eigenvalue weighted by Crippen LogP contribution is 2.41. The fourth-order valence-corrected chi connectivity index (χ4v) is 5.04. The predicted molar refractivity (Wildman–Crippen MR) is 133 cm³/mol. The van der Waals surface area contributed by atoms with Gasteiger partial charge in [0.15, 0.2) is 0 Å². The molecular weight excluding hydrogens is 487 g/mol. The van der Waals surface area contributed by atoms with Gasteiger partial charge in [-0.05, 0) is 57.2 Å². The summed E-state index contributed by atoms with van der Waals surface area (Å²) in [6.07, 6.45) is 3.52. The van der Waals surface area contributed by atoms with Gasteiger partial charge in [0.2, 0.25) is 11.6 Å². The standard InChI is InChI=1S/C22H29ClN6O2.2ClH/c1-14(2)25-20(30)18-26-27-19-21(31)28(10-11-29(18)19)17-6-8-22(13-24,9-7-17)15-4-3-5-16(23)12-15;;/h3-5,12,14,17H,6-11,13,24H2,1-2H3,(H,25,30);2*1H. The largest absolute Gasteiger partial charge is 0.347 e. The predicted octanol–water partition coefficient (Wildman–Crippen LogP) is 3.21. The molecule has 182 valence electrons. The van der Waals surface area contributed by atoms with Crippen molar-refractivity contribution in [2.45, 2.75) is 63.6 Å². The molecule has 1 aliphatic heterocycles. The Labute approximate surface area is 211 Å². The molecule has 1 aromatic carbocycles. The van der Waals surface area contributed by atoms with E-state index in [9.17, 15) is 9.59 Å². The monoisotopic (exact) mass is 516 g/mol. The number of fused-ring (bicyclic) bond motifs is 1. The third-order valence-electron chi connectivity index (χ3n) is 6.57. The minimum Gasteiger partial charge on any atom is -0.347 e. The summed E-state index contributed by atoms with van der Waals surface area (Å²) >= 11 is 6.22. The van der Waals surface area contributed by atoms with Crippen molar-refractivity contribution in [3.05, 3.63) is 46.5 Å². The maximum absolute atomic E-state index is 13.1. The number of nitrogens with one attached hydrogen (secondary N) is 1. The first-order chi connectivity index (χ1) is 14.8. The second kappa shape index (κ2) is 11.0. The van der Waals surface area contributed by atoms with E-state index in [1.54, 1.807) is 4.57 Å². The Bertz CT molecular complexity index is 988. The smallest absolute Gasteiger partial charge is 0.292 e. The molecule has 1 fully saturated rings. The van der Waals surface area contributed by atoms with Gasteiger partial charge in [0, 0.05) is 42.2 Å². The molecule has 2 heterocycles. The lowest BCUT2D eigenvalue weighted by molar-refractivity contribution is 0.0520. The van der Waals surface area contributed by atoms with Gasteiger partial charge in [0.25, 0.3) is 11.8 Å². The minimum atomic E-state index is -0.304. The summed E-state index contributed by atoms with van der Waals surface area (Å²) < 4.78 is 1.63. The number of hydrogen-bond acceptors (Lipinski definition) is 5. The van der Waals surface area contributed by atoms with E-state index >= 15 is 0 Å². The van der Waals surface area contributed by atoms with Crippen LogP contribution in [0.1, 0.15) is 66.3 Å². The van der Waals surface area contributed by atoms with Crippen LogP contribution >= 0.6 is 36.4 Å².